The maximum Gasteiger partial charge on any atom is 0.375 e. The molecule has 2 aromatic rings. The molecule has 0 spiro atoms. The summed E-state index contributed by atoms with van der Waals surface area (Å²) >= 11 is 0. The molecule has 0 unspecified atom stereocenters. The number of nitrogens with zero attached hydrogens (tertiary/aromatic N) is 1. The zero-order valence-corrected chi connectivity index (χ0v) is 14.2. The van der Waals surface area contributed by atoms with Crippen LogP contribution in [0, 0.1) is 6.92 Å². The van der Waals surface area contributed by atoms with Gasteiger partial charge >= 0.3 is 5.97 Å². The highest BCUT2D eigenvalue weighted by Crippen LogP contribution is 2.25. The normalized spacial score (nSPS) is 13.5. The second kappa shape index (κ2) is 6.96. The molecule has 0 radical (unpaired) electrons. The van der Waals surface area contributed by atoms with Crippen LogP contribution in [0.3, 0.4) is 0 Å². The van der Waals surface area contributed by atoms with Crippen molar-refractivity contribution in [2.75, 3.05) is 20.2 Å². The summed E-state index contributed by atoms with van der Waals surface area (Å²) in [5.41, 5.74) is 1.26. The van der Waals surface area contributed by atoms with Gasteiger partial charge in [0.15, 0.2) is 6.61 Å². The Kier molecular flexibility index (Phi) is 4.74. The van der Waals surface area contributed by atoms with E-state index in [-0.39, 0.29) is 24.3 Å². The van der Waals surface area contributed by atoms with Crippen LogP contribution in [0.5, 0.6) is 0 Å². The maximum absolute atomic E-state index is 12.2. The summed E-state index contributed by atoms with van der Waals surface area (Å²) in [6.45, 7) is 1.26. The Morgan fingerprint density at radius 2 is 2.00 bits per heavy atom. The zero-order valence-electron chi connectivity index (χ0n) is 14.2. The van der Waals surface area contributed by atoms with Gasteiger partial charge < -0.3 is 19.4 Å². The lowest BCUT2D eigenvalue weighted by atomic mass is 10.1. The van der Waals surface area contributed by atoms with Gasteiger partial charge in [0.2, 0.25) is 11.7 Å². The SMILES string of the molecule is Cc1c(C(=O)OCC(=O)N(C)CC(=O)NC2CC2)oc2ccccc12. The number of likely N-dealkylation sites (N-methyl/N-ethyl adjacent to an activating group) is 1. The summed E-state index contributed by atoms with van der Waals surface area (Å²) in [4.78, 5) is 37.1. The minimum absolute atomic E-state index is 0.0590. The number of esters is 1. The van der Waals surface area contributed by atoms with Crippen LogP contribution < -0.4 is 5.32 Å². The second-order valence-corrected chi connectivity index (χ2v) is 6.22. The molecule has 0 aliphatic heterocycles. The summed E-state index contributed by atoms with van der Waals surface area (Å²) in [5.74, 6) is -1.27. The van der Waals surface area contributed by atoms with E-state index < -0.39 is 18.5 Å². The van der Waals surface area contributed by atoms with Crippen molar-refractivity contribution >= 4 is 28.8 Å². The fourth-order valence-corrected chi connectivity index (χ4v) is 2.48. The van der Waals surface area contributed by atoms with Crippen LogP contribution in [0.1, 0.15) is 29.0 Å². The van der Waals surface area contributed by atoms with Crippen LogP contribution in [0.15, 0.2) is 28.7 Å². The number of para-hydroxylation sites is 1. The van der Waals surface area contributed by atoms with E-state index in [4.69, 9.17) is 9.15 Å². The number of ether oxygens (including phenoxy) is 1. The molecular formula is C18H20N2O5. The van der Waals surface area contributed by atoms with Gasteiger partial charge in [-0.1, -0.05) is 18.2 Å². The Hall–Kier alpha value is -2.83. The molecule has 25 heavy (non-hydrogen) atoms. The molecular weight excluding hydrogens is 324 g/mol. The van der Waals surface area contributed by atoms with Gasteiger partial charge in [0.25, 0.3) is 5.91 Å². The van der Waals surface area contributed by atoms with Crippen molar-refractivity contribution in [3.05, 3.63) is 35.6 Å². The quantitative estimate of drug-likeness (QED) is 0.805. The van der Waals surface area contributed by atoms with E-state index in [1.54, 1.807) is 13.0 Å². The lowest BCUT2D eigenvalue weighted by molar-refractivity contribution is -0.137. The van der Waals surface area contributed by atoms with Crippen LogP contribution >= 0.6 is 0 Å². The second-order valence-electron chi connectivity index (χ2n) is 6.22. The van der Waals surface area contributed by atoms with Gasteiger partial charge in [-0.25, -0.2) is 4.79 Å². The monoisotopic (exact) mass is 344 g/mol. The van der Waals surface area contributed by atoms with Gasteiger partial charge in [0, 0.05) is 24.0 Å². The molecule has 1 fully saturated rings. The molecule has 7 nitrogen and oxygen atoms in total. The third kappa shape index (κ3) is 3.99. The third-order valence-corrected chi connectivity index (χ3v) is 4.10. The van der Waals surface area contributed by atoms with E-state index in [0.717, 1.165) is 18.2 Å². The van der Waals surface area contributed by atoms with Crippen LogP contribution in [-0.2, 0) is 14.3 Å². The Labute approximate surface area is 144 Å². The number of benzene rings is 1. The standard InChI is InChI=1S/C18H20N2O5/c1-11-13-5-3-4-6-14(13)25-17(11)18(23)24-10-16(22)20(2)9-15(21)19-12-7-8-12/h3-6,12H,7-10H2,1-2H3,(H,19,21). The minimum atomic E-state index is -0.696. The van der Waals surface area contributed by atoms with Gasteiger partial charge in [-0.15, -0.1) is 0 Å². The first-order valence-corrected chi connectivity index (χ1v) is 8.14. The van der Waals surface area contributed by atoms with Crippen molar-refractivity contribution < 1.29 is 23.5 Å². The molecule has 3 rings (SSSR count). The average Bonchev–Trinajstić information content (AvgIpc) is 3.34. The predicted octanol–water partition coefficient (Wildman–Crippen LogP) is 1.64. The molecule has 2 amide bonds. The van der Waals surface area contributed by atoms with Crippen molar-refractivity contribution in [1.82, 2.24) is 10.2 Å². The van der Waals surface area contributed by atoms with Crippen molar-refractivity contribution in [3.63, 3.8) is 0 Å². The summed E-state index contributed by atoms with van der Waals surface area (Å²) in [6, 6.07) is 7.51. The van der Waals surface area contributed by atoms with E-state index >= 15 is 0 Å². The molecule has 1 aliphatic carbocycles. The largest absolute Gasteiger partial charge is 0.450 e. The lowest BCUT2D eigenvalue weighted by Gasteiger charge is -2.16. The van der Waals surface area contributed by atoms with E-state index in [9.17, 15) is 14.4 Å². The van der Waals surface area contributed by atoms with Crippen LogP contribution in [0.4, 0.5) is 0 Å². The van der Waals surface area contributed by atoms with E-state index in [0.29, 0.717) is 11.1 Å². The highest BCUT2D eigenvalue weighted by Gasteiger charge is 2.25. The minimum Gasteiger partial charge on any atom is -0.450 e. The Morgan fingerprint density at radius 1 is 1.28 bits per heavy atom. The highest BCUT2D eigenvalue weighted by molar-refractivity contribution is 5.96. The van der Waals surface area contributed by atoms with Crippen LogP contribution in [0.2, 0.25) is 0 Å². The molecule has 0 saturated heterocycles. The van der Waals surface area contributed by atoms with Gasteiger partial charge in [0.05, 0.1) is 6.54 Å². The lowest BCUT2D eigenvalue weighted by Crippen LogP contribution is -2.40. The third-order valence-electron chi connectivity index (χ3n) is 4.10. The Morgan fingerprint density at radius 3 is 2.68 bits per heavy atom. The Balaban J connectivity index is 1.54. The molecule has 132 valence electrons. The molecule has 0 atom stereocenters. The number of fused-ring (bicyclic) bond motifs is 1. The van der Waals surface area contributed by atoms with Crippen LogP contribution in [-0.4, -0.2) is 48.9 Å². The number of carbonyl (C=O) groups excluding carboxylic acids is 3. The van der Waals surface area contributed by atoms with E-state index in [1.807, 2.05) is 18.2 Å². The van der Waals surface area contributed by atoms with Crippen molar-refractivity contribution in [2.24, 2.45) is 0 Å². The Bertz CT molecular complexity index is 822. The number of carbonyl (C=O) groups is 3. The molecule has 1 aliphatic rings. The highest BCUT2D eigenvalue weighted by atomic mass is 16.5. The number of amides is 2. The van der Waals surface area contributed by atoms with Crippen molar-refractivity contribution in [2.45, 2.75) is 25.8 Å². The first-order valence-electron chi connectivity index (χ1n) is 8.14. The van der Waals surface area contributed by atoms with Crippen molar-refractivity contribution in [3.8, 4) is 0 Å². The number of rotatable bonds is 6. The topological polar surface area (TPSA) is 88.9 Å². The molecule has 7 heteroatoms. The van der Waals surface area contributed by atoms with E-state index in [2.05, 4.69) is 5.32 Å². The fourth-order valence-electron chi connectivity index (χ4n) is 2.48. The number of furan rings is 1. The van der Waals surface area contributed by atoms with Crippen LogP contribution in [0.25, 0.3) is 11.0 Å². The summed E-state index contributed by atoms with van der Waals surface area (Å²) in [5, 5.41) is 3.63. The first kappa shape index (κ1) is 17.0. The number of aryl methyl sites for hydroxylation is 1. The molecule has 1 heterocycles. The molecule has 1 N–H and O–H groups in total. The fraction of sp³-hybridized carbons (Fsp3) is 0.389. The zero-order chi connectivity index (χ0) is 18.0. The summed E-state index contributed by atoms with van der Waals surface area (Å²) < 4.78 is 10.5. The first-order chi connectivity index (χ1) is 12.0. The van der Waals surface area contributed by atoms with Gasteiger partial charge in [0.1, 0.15) is 5.58 Å². The van der Waals surface area contributed by atoms with Gasteiger partial charge in [-0.3, -0.25) is 9.59 Å². The summed E-state index contributed by atoms with van der Waals surface area (Å²) in [7, 11) is 1.50. The molecule has 1 aromatic heterocycles. The molecule has 1 saturated carbocycles. The smallest absolute Gasteiger partial charge is 0.375 e. The maximum atomic E-state index is 12.2. The summed E-state index contributed by atoms with van der Waals surface area (Å²) in [6.07, 6.45) is 1.97. The number of hydrogen-bond acceptors (Lipinski definition) is 5. The van der Waals surface area contributed by atoms with Crippen molar-refractivity contribution in [1.29, 1.82) is 0 Å². The predicted molar refractivity (Wildman–Crippen MR) is 90.0 cm³/mol. The number of hydrogen-bond donors (Lipinski definition) is 1. The van der Waals surface area contributed by atoms with Gasteiger partial charge in [-0.2, -0.15) is 0 Å². The average molecular weight is 344 g/mol. The molecule has 0 bridgehead atoms. The van der Waals surface area contributed by atoms with Gasteiger partial charge in [-0.05, 0) is 25.8 Å². The number of nitrogens with one attached hydrogen (secondary N) is 1. The molecule has 1 aromatic carbocycles. The van der Waals surface area contributed by atoms with E-state index in [1.165, 1.54) is 11.9 Å².